The molecule has 0 fully saturated rings. The molecule has 2 rings (SSSR count). The highest BCUT2D eigenvalue weighted by atomic mass is 35.5. The van der Waals surface area contributed by atoms with Crippen molar-refractivity contribution in [3.8, 4) is 0 Å². The van der Waals surface area contributed by atoms with Crippen LogP contribution in [0, 0.1) is 0 Å². The first kappa shape index (κ1) is 19.4. The van der Waals surface area contributed by atoms with E-state index in [2.05, 4.69) is 20.4 Å². The fourth-order valence-electron chi connectivity index (χ4n) is 2.09. The van der Waals surface area contributed by atoms with E-state index in [1.165, 1.54) is 43.6 Å². The maximum absolute atomic E-state index is 12.5. The first-order chi connectivity index (χ1) is 12.3. The molecule has 0 atom stereocenters. The smallest absolute Gasteiger partial charge is 0.337 e. The summed E-state index contributed by atoms with van der Waals surface area (Å²) >= 11 is 6.07. The monoisotopic (exact) mass is 375 g/mol. The minimum absolute atomic E-state index is 0.0540. The second kappa shape index (κ2) is 8.44. The van der Waals surface area contributed by atoms with Crippen molar-refractivity contribution in [3.63, 3.8) is 0 Å². The lowest BCUT2D eigenvalue weighted by Crippen LogP contribution is -2.31. The number of pyridine rings is 1. The van der Waals surface area contributed by atoms with Gasteiger partial charge in [0.1, 0.15) is 5.69 Å². The molecule has 0 radical (unpaired) electrons. The Kier molecular flexibility index (Phi) is 6.30. The molecule has 7 nitrogen and oxygen atoms in total. The molecule has 0 spiro atoms. The number of amides is 2. The fourth-order valence-corrected chi connectivity index (χ4v) is 2.26. The number of nitrogens with one attached hydrogen (secondary N) is 2. The summed E-state index contributed by atoms with van der Waals surface area (Å²) in [4.78, 5) is 40.1. The minimum atomic E-state index is -0.547. The summed E-state index contributed by atoms with van der Waals surface area (Å²) in [5.74, 6) is -1.41. The predicted molar refractivity (Wildman–Crippen MR) is 97.6 cm³/mol. The number of anilines is 1. The molecule has 2 amide bonds. The quantitative estimate of drug-likeness (QED) is 0.783. The van der Waals surface area contributed by atoms with Gasteiger partial charge in [-0.1, -0.05) is 11.6 Å². The van der Waals surface area contributed by atoms with Crippen LogP contribution in [0.5, 0.6) is 0 Å². The highest BCUT2D eigenvalue weighted by molar-refractivity contribution is 6.34. The van der Waals surface area contributed by atoms with Crippen LogP contribution in [-0.4, -0.2) is 35.9 Å². The van der Waals surface area contributed by atoms with Crippen molar-refractivity contribution in [1.29, 1.82) is 0 Å². The summed E-state index contributed by atoms with van der Waals surface area (Å²) in [7, 11) is 1.26. The molecule has 1 heterocycles. The second-order valence-electron chi connectivity index (χ2n) is 5.70. The van der Waals surface area contributed by atoms with Crippen LogP contribution in [-0.2, 0) is 4.74 Å². The molecule has 1 aromatic carbocycles. The molecule has 2 N–H and O–H groups in total. The Labute approximate surface area is 155 Å². The van der Waals surface area contributed by atoms with Crippen LogP contribution in [0.4, 0.5) is 5.69 Å². The molecule has 26 heavy (non-hydrogen) atoms. The number of carbonyl (C=O) groups excluding carboxylic acids is 3. The molecule has 0 aliphatic rings. The largest absolute Gasteiger partial charge is 0.465 e. The number of rotatable bonds is 5. The molecule has 2 aromatic rings. The topological polar surface area (TPSA) is 97.4 Å². The van der Waals surface area contributed by atoms with Crippen molar-refractivity contribution < 1.29 is 19.1 Å². The molecular weight excluding hydrogens is 358 g/mol. The van der Waals surface area contributed by atoms with Gasteiger partial charge in [-0.15, -0.1) is 0 Å². The number of aromatic nitrogens is 1. The van der Waals surface area contributed by atoms with Gasteiger partial charge in [-0.2, -0.15) is 0 Å². The number of benzene rings is 1. The molecule has 0 aliphatic heterocycles. The van der Waals surface area contributed by atoms with E-state index in [4.69, 9.17) is 11.6 Å². The third kappa shape index (κ3) is 4.80. The molecular formula is C18H18ClN3O4. The highest BCUT2D eigenvalue weighted by Crippen LogP contribution is 2.24. The van der Waals surface area contributed by atoms with Gasteiger partial charge in [0.25, 0.3) is 11.8 Å². The standard InChI is InChI=1S/C18H18ClN3O4/c1-10(2)21-17(24)15-8-11(6-7-20-15)16(23)22-14-9-12(18(25)26-3)4-5-13(14)19/h4-10H,1-3H3,(H,21,24)(H,22,23). The van der Waals surface area contributed by atoms with Crippen LogP contribution < -0.4 is 10.6 Å². The van der Waals surface area contributed by atoms with Crippen LogP contribution in [0.1, 0.15) is 45.1 Å². The van der Waals surface area contributed by atoms with Crippen molar-refractivity contribution in [3.05, 3.63) is 58.4 Å². The van der Waals surface area contributed by atoms with Gasteiger partial charge in [-0.25, -0.2) is 4.79 Å². The van der Waals surface area contributed by atoms with E-state index in [9.17, 15) is 14.4 Å². The zero-order valence-corrected chi connectivity index (χ0v) is 15.3. The van der Waals surface area contributed by atoms with Crippen molar-refractivity contribution >= 4 is 35.1 Å². The third-order valence-electron chi connectivity index (χ3n) is 3.31. The van der Waals surface area contributed by atoms with Crippen molar-refractivity contribution in [1.82, 2.24) is 10.3 Å². The normalized spacial score (nSPS) is 10.3. The van der Waals surface area contributed by atoms with Gasteiger partial charge in [0.2, 0.25) is 0 Å². The van der Waals surface area contributed by atoms with Crippen LogP contribution in [0.25, 0.3) is 0 Å². The van der Waals surface area contributed by atoms with Gasteiger partial charge < -0.3 is 15.4 Å². The van der Waals surface area contributed by atoms with E-state index in [1.54, 1.807) is 0 Å². The molecule has 0 saturated carbocycles. The van der Waals surface area contributed by atoms with E-state index in [0.29, 0.717) is 0 Å². The predicted octanol–water partition coefficient (Wildman–Crippen LogP) is 2.91. The van der Waals surface area contributed by atoms with Crippen LogP contribution in [0.2, 0.25) is 5.02 Å². The zero-order valence-electron chi connectivity index (χ0n) is 14.5. The number of methoxy groups -OCH3 is 1. The first-order valence-corrected chi connectivity index (χ1v) is 8.15. The lowest BCUT2D eigenvalue weighted by Gasteiger charge is -2.10. The molecule has 8 heteroatoms. The summed E-state index contributed by atoms with van der Waals surface area (Å²) in [6.45, 7) is 3.65. The molecule has 136 valence electrons. The van der Waals surface area contributed by atoms with E-state index >= 15 is 0 Å². The summed E-state index contributed by atoms with van der Waals surface area (Å²) in [6.07, 6.45) is 1.37. The average molecular weight is 376 g/mol. The van der Waals surface area contributed by atoms with Crippen molar-refractivity contribution in [2.75, 3.05) is 12.4 Å². The van der Waals surface area contributed by atoms with Gasteiger partial charge in [-0.3, -0.25) is 14.6 Å². The Morgan fingerprint density at radius 2 is 1.81 bits per heavy atom. The second-order valence-corrected chi connectivity index (χ2v) is 6.11. The minimum Gasteiger partial charge on any atom is -0.465 e. The first-order valence-electron chi connectivity index (χ1n) is 7.78. The number of halogens is 1. The Balaban J connectivity index is 2.23. The van der Waals surface area contributed by atoms with E-state index < -0.39 is 11.9 Å². The van der Waals surface area contributed by atoms with Gasteiger partial charge >= 0.3 is 5.97 Å². The molecule has 0 unspecified atom stereocenters. The summed E-state index contributed by atoms with van der Waals surface area (Å²) in [6, 6.07) is 7.19. The number of ether oxygens (including phenoxy) is 1. The Morgan fingerprint density at radius 1 is 1.08 bits per heavy atom. The molecule has 0 aliphatic carbocycles. The third-order valence-corrected chi connectivity index (χ3v) is 3.64. The van der Waals surface area contributed by atoms with Crippen molar-refractivity contribution in [2.24, 2.45) is 0 Å². The SMILES string of the molecule is COC(=O)c1ccc(Cl)c(NC(=O)c2ccnc(C(=O)NC(C)C)c2)c1. The maximum atomic E-state index is 12.5. The van der Waals surface area contributed by atoms with E-state index in [1.807, 2.05) is 13.8 Å². The number of hydrogen-bond acceptors (Lipinski definition) is 5. The lowest BCUT2D eigenvalue weighted by atomic mass is 10.1. The molecule has 0 bridgehead atoms. The van der Waals surface area contributed by atoms with E-state index in [-0.39, 0.29) is 39.5 Å². The fraction of sp³-hybridized carbons (Fsp3) is 0.222. The Bertz CT molecular complexity index is 852. The van der Waals surface area contributed by atoms with Gasteiger partial charge in [0, 0.05) is 17.8 Å². The highest BCUT2D eigenvalue weighted by Gasteiger charge is 2.15. The van der Waals surface area contributed by atoms with Crippen LogP contribution >= 0.6 is 11.6 Å². The lowest BCUT2D eigenvalue weighted by molar-refractivity contribution is 0.0600. The number of hydrogen-bond donors (Lipinski definition) is 2. The Hall–Kier alpha value is -2.93. The molecule has 1 aromatic heterocycles. The zero-order chi connectivity index (χ0) is 19.3. The summed E-state index contributed by atoms with van der Waals surface area (Å²) in [5.41, 5.74) is 0.859. The molecule has 0 saturated heterocycles. The van der Waals surface area contributed by atoms with Gasteiger partial charge in [0.05, 0.1) is 23.4 Å². The summed E-state index contributed by atoms with van der Waals surface area (Å²) < 4.78 is 4.65. The number of esters is 1. The maximum Gasteiger partial charge on any atom is 0.337 e. The number of carbonyl (C=O) groups is 3. The van der Waals surface area contributed by atoms with Gasteiger partial charge in [0.15, 0.2) is 0 Å². The van der Waals surface area contributed by atoms with Gasteiger partial charge in [-0.05, 0) is 44.2 Å². The van der Waals surface area contributed by atoms with Crippen molar-refractivity contribution in [2.45, 2.75) is 19.9 Å². The number of nitrogens with zero attached hydrogens (tertiary/aromatic N) is 1. The van der Waals surface area contributed by atoms with Crippen LogP contribution in [0.15, 0.2) is 36.5 Å². The average Bonchev–Trinajstić information content (AvgIpc) is 2.62. The Morgan fingerprint density at radius 3 is 2.46 bits per heavy atom. The summed E-state index contributed by atoms with van der Waals surface area (Å²) in [5, 5.41) is 5.58. The van der Waals surface area contributed by atoms with Crippen LogP contribution in [0.3, 0.4) is 0 Å². The van der Waals surface area contributed by atoms with E-state index in [0.717, 1.165) is 0 Å².